The molecule has 2 aliphatic rings. The van der Waals surface area contributed by atoms with Crippen LogP contribution in [0.15, 0.2) is 71.1 Å². The maximum Gasteiger partial charge on any atom is 0.266 e. The molecule has 41 heavy (non-hydrogen) atoms. The van der Waals surface area contributed by atoms with Crippen molar-refractivity contribution in [3.8, 4) is 22.8 Å². The second kappa shape index (κ2) is 10.2. The first-order valence-electron chi connectivity index (χ1n) is 13.1. The number of halogens is 4. The van der Waals surface area contributed by atoms with Crippen LogP contribution in [0.4, 0.5) is 5.69 Å². The first-order chi connectivity index (χ1) is 19.8. The number of anilines is 1. The number of hydrogen-bond donors (Lipinski definition) is 1. The molecular weight excluding hydrogens is 604 g/mol. The molecule has 11 heteroatoms. The van der Waals surface area contributed by atoms with E-state index in [4.69, 9.17) is 50.8 Å². The van der Waals surface area contributed by atoms with Crippen molar-refractivity contribution in [1.29, 1.82) is 0 Å². The van der Waals surface area contributed by atoms with Crippen molar-refractivity contribution in [1.82, 2.24) is 20.4 Å². The van der Waals surface area contributed by atoms with E-state index in [2.05, 4.69) is 20.4 Å². The molecule has 0 saturated heterocycles. The van der Waals surface area contributed by atoms with Gasteiger partial charge in [-0.25, -0.2) is 0 Å². The van der Waals surface area contributed by atoms with Gasteiger partial charge in [0.1, 0.15) is 11.4 Å². The summed E-state index contributed by atoms with van der Waals surface area (Å²) in [7, 11) is 0. The molecule has 5 aromatic rings. The van der Waals surface area contributed by atoms with Gasteiger partial charge in [-0.2, -0.15) is 5.10 Å². The number of aromatic nitrogens is 4. The molecule has 0 radical (unpaired) electrons. The average molecular weight is 625 g/mol. The van der Waals surface area contributed by atoms with Crippen molar-refractivity contribution in [3.63, 3.8) is 0 Å². The van der Waals surface area contributed by atoms with Crippen LogP contribution in [0.5, 0.6) is 0 Å². The Kier molecular flexibility index (Phi) is 6.58. The first-order valence-corrected chi connectivity index (χ1v) is 14.6. The predicted octanol–water partition coefficient (Wildman–Crippen LogP) is 8.63. The fourth-order valence-electron chi connectivity index (χ4n) is 5.16. The molecule has 2 fully saturated rings. The van der Waals surface area contributed by atoms with Crippen molar-refractivity contribution in [2.45, 2.75) is 37.1 Å². The van der Waals surface area contributed by atoms with Crippen molar-refractivity contribution in [3.05, 3.63) is 104 Å². The zero-order chi connectivity index (χ0) is 28.3. The van der Waals surface area contributed by atoms with Crippen LogP contribution in [0.1, 0.15) is 47.5 Å². The van der Waals surface area contributed by atoms with E-state index < -0.39 is 0 Å². The Morgan fingerprint density at radius 3 is 2.17 bits per heavy atom. The lowest BCUT2D eigenvalue weighted by molar-refractivity contribution is 0.0986. The second-order valence-electron chi connectivity index (χ2n) is 10.3. The highest BCUT2D eigenvalue weighted by molar-refractivity contribution is 6.37. The van der Waals surface area contributed by atoms with E-state index in [9.17, 15) is 4.79 Å². The Hall–Kier alpha value is -3.36. The summed E-state index contributed by atoms with van der Waals surface area (Å²) in [6, 6.07) is 19.9. The highest BCUT2D eigenvalue weighted by atomic mass is 35.5. The monoisotopic (exact) mass is 623 g/mol. The van der Waals surface area contributed by atoms with Gasteiger partial charge in [-0.1, -0.05) is 70.7 Å². The predicted molar refractivity (Wildman–Crippen MR) is 160 cm³/mol. The summed E-state index contributed by atoms with van der Waals surface area (Å²) in [5.41, 5.74) is 3.03. The van der Waals surface area contributed by atoms with Gasteiger partial charge in [0.05, 0.1) is 21.7 Å². The largest absolute Gasteiger partial charge is 0.418 e. The third kappa shape index (κ3) is 4.81. The number of carbonyl (C=O) groups is 1. The minimum Gasteiger partial charge on any atom is -0.418 e. The lowest BCUT2D eigenvalue weighted by atomic mass is 9.96. The highest BCUT2D eigenvalue weighted by Gasteiger charge is 2.51. The molecule has 2 saturated carbocycles. The van der Waals surface area contributed by atoms with Crippen LogP contribution < -0.4 is 4.90 Å². The molecule has 7 rings (SSSR count). The summed E-state index contributed by atoms with van der Waals surface area (Å²) in [4.78, 5) is 16.2. The third-order valence-electron chi connectivity index (χ3n) is 7.59. The van der Waals surface area contributed by atoms with E-state index in [1.54, 1.807) is 35.2 Å². The van der Waals surface area contributed by atoms with E-state index in [1.807, 2.05) is 36.4 Å². The maximum absolute atomic E-state index is 14.5. The fourth-order valence-corrected chi connectivity index (χ4v) is 5.91. The summed E-state index contributed by atoms with van der Waals surface area (Å²) >= 11 is 25.0. The minimum atomic E-state index is -0.379. The lowest BCUT2D eigenvalue weighted by Gasteiger charge is -2.24. The maximum atomic E-state index is 14.5. The van der Waals surface area contributed by atoms with Gasteiger partial charge >= 0.3 is 0 Å². The molecule has 2 aromatic heterocycles. The van der Waals surface area contributed by atoms with Gasteiger partial charge in [-0.05, 0) is 73.7 Å². The summed E-state index contributed by atoms with van der Waals surface area (Å²) in [5, 5.41) is 18.5. The van der Waals surface area contributed by atoms with Crippen molar-refractivity contribution in [2.75, 3.05) is 4.90 Å². The number of benzene rings is 3. The van der Waals surface area contributed by atoms with Gasteiger partial charge in [0.2, 0.25) is 5.89 Å². The molecule has 0 aliphatic heterocycles. The molecule has 3 aromatic carbocycles. The number of nitrogens with one attached hydrogen (secondary N) is 1. The van der Waals surface area contributed by atoms with E-state index in [0.29, 0.717) is 54.2 Å². The molecule has 2 aliphatic carbocycles. The SMILES string of the molecule is O=C(c1c(-c2ccc(Cl)cc2)n[nH]c1-c1nnc(C2(c3ccc(Cl)cc3)CC2)o1)N(c1ccc(Cl)cc1Cl)C1CC1. The summed E-state index contributed by atoms with van der Waals surface area (Å²) in [6.07, 6.45) is 3.43. The smallest absolute Gasteiger partial charge is 0.266 e. The normalized spacial score (nSPS) is 15.6. The van der Waals surface area contributed by atoms with E-state index in [0.717, 1.165) is 31.2 Å². The number of rotatable bonds is 7. The standard InChI is InChI=1S/C30H21Cl4N5O2/c31-18-5-1-16(2-6-18)25-24(28(40)39(21-10-11-21)23-12-9-20(33)15-22(23)34)26(36-35-25)27-37-38-29(41-27)30(13-14-30)17-3-7-19(32)8-4-17/h1-9,12,15,21H,10-11,13-14H2,(H,35,36). The first kappa shape index (κ1) is 26.5. The minimum absolute atomic E-state index is 0.0140. The number of nitrogens with zero attached hydrogens (tertiary/aromatic N) is 4. The Labute approximate surface area is 255 Å². The Bertz CT molecular complexity index is 1770. The second-order valence-corrected chi connectivity index (χ2v) is 12.0. The third-order valence-corrected chi connectivity index (χ3v) is 8.63. The Morgan fingerprint density at radius 2 is 1.54 bits per heavy atom. The van der Waals surface area contributed by atoms with Crippen LogP contribution in [0.25, 0.3) is 22.8 Å². The quantitative estimate of drug-likeness (QED) is 0.196. The van der Waals surface area contributed by atoms with Gasteiger partial charge in [0, 0.05) is 26.7 Å². The zero-order valence-corrected chi connectivity index (χ0v) is 24.4. The Morgan fingerprint density at radius 1 is 0.878 bits per heavy atom. The molecule has 0 unspecified atom stereocenters. The molecule has 1 N–H and O–H groups in total. The molecule has 0 atom stereocenters. The number of carbonyl (C=O) groups excluding carboxylic acids is 1. The molecule has 0 bridgehead atoms. The number of aromatic amines is 1. The topological polar surface area (TPSA) is 87.9 Å². The number of H-pyrrole nitrogens is 1. The average Bonchev–Trinajstić information content (AvgIpc) is 3.87. The van der Waals surface area contributed by atoms with E-state index in [1.165, 1.54) is 0 Å². The highest BCUT2D eigenvalue weighted by Crippen LogP contribution is 2.53. The van der Waals surface area contributed by atoms with Gasteiger partial charge in [0.25, 0.3) is 11.8 Å². The van der Waals surface area contributed by atoms with Crippen LogP contribution in [0, 0.1) is 0 Å². The van der Waals surface area contributed by atoms with Crippen LogP contribution in [0.2, 0.25) is 20.1 Å². The lowest BCUT2D eigenvalue weighted by Crippen LogP contribution is -2.33. The van der Waals surface area contributed by atoms with Gasteiger partial charge in [0.15, 0.2) is 0 Å². The molecule has 0 spiro atoms. The molecular formula is C30H21Cl4N5O2. The van der Waals surface area contributed by atoms with Crippen LogP contribution in [-0.4, -0.2) is 32.3 Å². The van der Waals surface area contributed by atoms with Gasteiger partial charge < -0.3 is 9.32 Å². The summed E-state index contributed by atoms with van der Waals surface area (Å²) < 4.78 is 6.28. The number of amides is 1. The van der Waals surface area contributed by atoms with Gasteiger partial charge in [-0.3, -0.25) is 9.89 Å². The van der Waals surface area contributed by atoms with E-state index in [-0.39, 0.29) is 23.3 Å². The van der Waals surface area contributed by atoms with Crippen molar-refractivity contribution < 1.29 is 9.21 Å². The molecule has 1 amide bonds. The summed E-state index contributed by atoms with van der Waals surface area (Å²) in [5.74, 6) is 0.369. The van der Waals surface area contributed by atoms with Crippen LogP contribution in [0.3, 0.4) is 0 Å². The molecule has 7 nitrogen and oxygen atoms in total. The zero-order valence-electron chi connectivity index (χ0n) is 21.4. The van der Waals surface area contributed by atoms with Gasteiger partial charge in [-0.15, -0.1) is 10.2 Å². The molecule has 2 heterocycles. The van der Waals surface area contributed by atoms with E-state index >= 15 is 0 Å². The van der Waals surface area contributed by atoms with Crippen LogP contribution in [-0.2, 0) is 5.41 Å². The van der Waals surface area contributed by atoms with Crippen molar-refractivity contribution >= 4 is 58.0 Å². The van der Waals surface area contributed by atoms with Crippen LogP contribution >= 0.6 is 46.4 Å². The molecule has 206 valence electrons. The Balaban J connectivity index is 1.34. The number of hydrogen-bond acceptors (Lipinski definition) is 5. The summed E-state index contributed by atoms with van der Waals surface area (Å²) in [6.45, 7) is 0. The fraction of sp³-hybridized carbons (Fsp3) is 0.200. The van der Waals surface area contributed by atoms with Crippen molar-refractivity contribution in [2.24, 2.45) is 0 Å².